The Hall–Kier alpha value is -3.68. The first-order chi connectivity index (χ1) is 15.1. The maximum absolute atomic E-state index is 12.5. The summed E-state index contributed by atoms with van der Waals surface area (Å²) < 4.78 is 7.15. The monoisotopic (exact) mass is 418 g/mol. The Morgan fingerprint density at radius 2 is 1.74 bits per heavy atom. The number of benzene rings is 2. The van der Waals surface area contributed by atoms with Crippen LogP contribution in [0.5, 0.6) is 0 Å². The van der Waals surface area contributed by atoms with Crippen molar-refractivity contribution < 1.29 is 19.4 Å². The van der Waals surface area contributed by atoms with Crippen LogP contribution in [0.2, 0.25) is 0 Å². The minimum atomic E-state index is -1.12. The number of carbonyl (C=O) groups excluding carboxylic acids is 1. The van der Waals surface area contributed by atoms with Crippen molar-refractivity contribution in [2.45, 2.75) is 30.7 Å². The fraction of sp³-hybridized carbons (Fsp3) is 0.304. The lowest BCUT2D eigenvalue weighted by atomic mass is 9.77. The van der Waals surface area contributed by atoms with Crippen molar-refractivity contribution >= 4 is 12.1 Å². The van der Waals surface area contributed by atoms with Gasteiger partial charge >= 0.3 is 12.1 Å². The molecule has 158 valence electrons. The SMILES string of the molecule is O=C(NCC1(n2cc(C(=O)O)nn2)CCC1)OCC1c2ccccc2-c2ccccc21. The van der Waals surface area contributed by atoms with Gasteiger partial charge in [0.05, 0.1) is 11.7 Å². The zero-order valence-corrected chi connectivity index (χ0v) is 16.8. The number of carbonyl (C=O) groups is 2. The number of ether oxygens (including phenoxy) is 1. The number of fused-ring (bicyclic) bond motifs is 3. The number of alkyl carbamates (subject to hydrolysis) is 1. The van der Waals surface area contributed by atoms with Crippen molar-refractivity contribution in [3.05, 3.63) is 71.5 Å². The number of nitrogens with one attached hydrogen (secondary N) is 1. The molecule has 0 atom stereocenters. The second kappa shape index (κ2) is 7.54. The Morgan fingerprint density at radius 1 is 1.10 bits per heavy atom. The summed E-state index contributed by atoms with van der Waals surface area (Å²) in [6, 6.07) is 16.4. The molecule has 5 rings (SSSR count). The number of carboxylic acid groups (broad SMARTS) is 1. The zero-order chi connectivity index (χ0) is 21.4. The molecule has 0 radical (unpaired) electrons. The molecule has 1 fully saturated rings. The highest BCUT2D eigenvalue weighted by Crippen LogP contribution is 2.44. The summed E-state index contributed by atoms with van der Waals surface area (Å²) in [7, 11) is 0. The van der Waals surface area contributed by atoms with Crippen LogP contribution in [0, 0.1) is 0 Å². The molecule has 2 aliphatic rings. The van der Waals surface area contributed by atoms with Crippen molar-refractivity contribution in [3.8, 4) is 11.1 Å². The summed E-state index contributed by atoms with van der Waals surface area (Å²) in [5.74, 6) is -1.12. The molecular weight excluding hydrogens is 396 g/mol. The molecule has 1 saturated carbocycles. The Bertz CT molecular complexity index is 1110. The first-order valence-corrected chi connectivity index (χ1v) is 10.3. The number of hydrogen-bond acceptors (Lipinski definition) is 5. The minimum Gasteiger partial charge on any atom is -0.476 e. The fourth-order valence-electron chi connectivity index (χ4n) is 4.55. The van der Waals surface area contributed by atoms with E-state index in [0.717, 1.165) is 30.4 Å². The summed E-state index contributed by atoms with van der Waals surface area (Å²) in [6.07, 6.45) is 3.49. The fourth-order valence-corrected chi connectivity index (χ4v) is 4.55. The molecule has 8 heteroatoms. The van der Waals surface area contributed by atoms with Crippen molar-refractivity contribution in [2.24, 2.45) is 0 Å². The molecule has 3 aromatic rings. The molecule has 0 spiro atoms. The number of carboxylic acids is 1. The smallest absolute Gasteiger partial charge is 0.407 e. The number of aromatic carboxylic acids is 1. The summed E-state index contributed by atoms with van der Waals surface area (Å²) in [4.78, 5) is 23.6. The van der Waals surface area contributed by atoms with E-state index in [9.17, 15) is 9.59 Å². The van der Waals surface area contributed by atoms with Gasteiger partial charge in [-0.05, 0) is 41.5 Å². The number of rotatable bonds is 6. The summed E-state index contributed by atoms with van der Waals surface area (Å²) in [6.45, 7) is 0.561. The molecule has 1 amide bonds. The number of nitrogens with zero attached hydrogens (tertiary/aromatic N) is 3. The minimum absolute atomic E-state index is 0.00394. The van der Waals surface area contributed by atoms with Crippen LogP contribution in [-0.2, 0) is 10.3 Å². The standard InChI is InChI=1S/C23H22N4O4/c28-21(29)20-12-27(26-25-20)23(10-5-11-23)14-24-22(30)31-13-19-17-8-3-1-6-15(17)16-7-2-4-9-18(16)19/h1-4,6-9,12,19H,5,10-11,13-14H2,(H,24,30)(H,28,29). The zero-order valence-electron chi connectivity index (χ0n) is 16.8. The van der Waals surface area contributed by atoms with Crippen molar-refractivity contribution in [3.63, 3.8) is 0 Å². The van der Waals surface area contributed by atoms with Crippen LogP contribution < -0.4 is 5.32 Å². The van der Waals surface area contributed by atoms with Gasteiger partial charge < -0.3 is 15.2 Å². The molecule has 2 aliphatic carbocycles. The molecule has 2 aromatic carbocycles. The Labute approximate surface area is 178 Å². The molecular formula is C23H22N4O4. The third-order valence-electron chi connectivity index (χ3n) is 6.39. The number of hydrogen-bond donors (Lipinski definition) is 2. The van der Waals surface area contributed by atoms with E-state index in [4.69, 9.17) is 9.84 Å². The van der Waals surface area contributed by atoms with E-state index in [1.165, 1.54) is 17.3 Å². The average Bonchev–Trinajstić information content (AvgIpc) is 3.36. The van der Waals surface area contributed by atoms with E-state index in [2.05, 4.69) is 39.9 Å². The Morgan fingerprint density at radius 3 is 2.29 bits per heavy atom. The largest absolute Gasteiger partial charge is 0.476 e. The van der Waals surface area contributed by atoms with Gasteiger partial charge in [-0.2, -0.15) is 0 Å². The van der Waals surface area contributed by atoms with Crippen molar-refractivity contribution in [1.82, 2.24) is 20.3 Å². The average molecular weight is 418 g/mol. The van der Waals surface area contributed by atoms with E-state index in [1.807, 2.05) is 24.3 Å². The van der Waals surface area contributed by atoms with Gasteiger partial charge in [0.2, 0.25) is 0 Å². The third kappa shape index (κ3) is 3.34. The van der Waals surface area contributed by atoms with Crippen LogP contribution >= 0.6 is 0 Å². The highest BCUT2D eigenvalue weighted by Gasteiger charge is 2.41. The first kappa shape index (κ1) is 19.3. The highest BCUT2D eigenvalue weighted by molar-refractivity contribution is 5.84. The van der Waals surface area contributed by atoms with Gasteiger partial charge in [0, 0.05) is 12.5 Å². The van der Waals surface area contributed by atoms with Crippen LogP contribution in [0.4, 0.5) is 4.79 Å². The highest BCUT2D eigenvalue weighted by atomic mass is 16.5. The predicted octanol–water partition coefficient (Wildman–Crippen LogP) is 3.39. The molecule has 8 nitrogen and oxygen atoms in total. The summed E-state index contributed by atoms with van der Waals surface area (Å²) >= 11 is 0. The second-order valence-corrected chi connectivity index (χ2v) is 8.11. The van der Waals surface area contributed by atoms with E-state index in [1.54, 1.807) is 4.68 Å². The van der Waals surface area contributed by atoms with E-state index >= 15 is 0 Å². The van der Waals surface area contributed by atoms with Crippen LogP contribution in [0.25, 0.3) is 11.1 Å². The normalized spacial score (nSPS) is 16.1. The van der Waals surface area contributed by atoms with Gasteiger partial charge in [-0.3, -0.25) is 0 Å². The van der Waals surface area contributed by atoms with E-state index < -0.39 is 17.6 Å². The molecule has 0 aliphatic heterocycles. The third-order valence-corrected chi connectivity index (χ3v) is 6.39. The molecule has 0 unspecified atom stereocenters. The summed E-state index contributed by atoms with van der Waals surface area (Å²) in [5.41, 5.74) is 4.13. The van der Waals surface area contributed by atoms with Gasteiger partial charge in [-0.1, -0.05) is 53.7 Å². The molecule has 31 heavy (non-hydrogen) atoms. The van der Waals surface area contributed by atoms with Gasteiger partial charge in [0.15, 0.2) is 5.69 Å². The van der Waals surface area contributed by atoms with E-state index in [0.29, 0.717) is 6.54 Å². The number of amides is 1. The topological polar surface area (TPSA) is 106 Å². The molecule has 0 saturated heterocycles. The summed E-state index contributed by atoms with van der Waals surface area (Å²) in [5, 5.41) is 19.6. The van der Waals surface area contributed by atoms with Gasteiger partial charge in [-0.25, -0.2) is 14.3 Å². The van der Waals surface area contributed by atoms with Crippen LogP contribution in [0.15, 0.2) is 54.7 Å². The van der Waals surface area contributed by atoms with E-state index in [-0.39, 0.29) is 18.2 Å². The molecule has 0 bridgehead atoms. The predicted molar refractivity (Wildman–Crippen MR) is 112 cm³/mol. The maximum atomic E-state index is 12.5. The van der Waals surface area contributed by atoms with Gasteiger partial charge in [0.1, 0.15) is 6.61 Å². The Kier molecular flexibility index (Phi) is 4.69. The van der Waals surface area contributed by atoms with Crippen molar-refractivity contribution in [1.29, 1.82) is 0 Å². The first-order valence-electron chi connectivity index (χ1n) is 10.3. The number of aromatic nitrogens is 3. The Balaban J connectivity index is 1.24. The molecule has 2 N–H and O–H groups in total. The van der Waals surface area contributed by atoms with Crippen LogP contribution in [-0.4, -0.2) is 45.3 Å². The molecule has 1 aromatic heterocycles. The lowest BCUT2D eigenvalue weighted by Gasteiger charge is -2.41. The quantitative estimate of drug-likeness (QED) is 0.636. The lowest BCUT2D eigenvalue weighted by molar-refractivity contribution is 0.0689. The maximum Gasteiger partial charge on any atom is 0.407 e. The van der Waals surface area contributed by atoms with Crippen LogP contribution in [0.1, 0.15) is 46.8 Å². The van der Waals surface area contributed by atoms with Gasteiger partial charge in [0.25, 0.3) is 0 Å². The second-order valence-electron chi connectivity index (χ2n) is 8.11. The van der Waals surface area contributed by atoms with Gasteiger partial charge in [-0.15, -0.1) is 5.10 Å². The van der Waals surface area contributed by atoms with Crippen LogP contribution in [0.3, 0.4) is 0 Å². The molecule has 1 heterocycles. The lowest BCUT2D eigenvalue weighted by Crippen LogP contribution is -2.50. The van der Waals surface area contributed by atoms with Crippen molar-refractivity contribution in [2.75, 3.05) is 13.2 Å².